The Bertz CT molecular complexity index is 547. The Labute approximate surface area is 104 Å². The van der Waals surface area contributed by atoms with Gasteiger partial charge < -0.3 is 5.11 Å². The van der Waals surface area contributed by atoms with Crippen LogP contribution in [0.1, 0.15) is 13.8 Å². The summed E-state index contributed by atoms with van der Waals surface area (Å²) in [6.07, 6.45) is 1.14. The molecule has 2 N–H and O–H groups in total. The van der Waals surface area contributed by atoms with Gasteiger partial charge in [0.05, 0.1) is 5.92 Å². The minimum atomic E-state index is -4.17. The average Bonchev–Trinajstić information content (AvgIpc) is 2.27. The quantitative estimate of drug-likeness (QED) is 0.821. The molecule has 1 heterocycles. The molecule has 0 spiro atoms. The highest BCUT2D eigenvalue weighted by molar-refractivity contribution is 7.89. The summed E-state index contributed by atoms with van der Waals surface area (Å²) in [5, 5.41) is 8.01. The fourth-order valence-corrected chi connectivity index (χ4v) is 2.52. The third-order valence-corrected chi connectivity index (χ3v) is 3.95. The van der Waals surface area contributed by atoms with Gasteiger partial charge in [0.2, 0.25) is 5.03 Å². The number of carbonyl (C=O) groups is 1. The molecule has 18 heavy (non-hydrogen) atoms. The molecular formula is C10H13FN2O4S. The van der Waals surface area contributed by atoms with E-state index in [0.717, 1.165) is 12.3 Å². The van der Waals surface area contributed by atoms with Gasteiger partial charge in [-0.3, -0.25) is 4.79 Å². The van der Waals surface area contributed by atoms with E-state index in [2.05, 4.69) is 9.71 Å². The zero-order chi connectivity index (χ0) is 13.9. The maximum Gasteiger partial charge on any atom is 0.307 e. The lowest BCUT2D eigenvalue weighted by atomic mass is 10.1. The number of hydrogen-bond donors (Lipinski definition) is 2. The minimum Gasteiger partial charge on any atom is -0.481 e. The van der Waals surface area contributed by atoms with Crippen LogP contribution in [0.2, 0.25) is 0 Å². The normalized spacial score (nSPS) is 15.1. The predicted octanol–water partition coefficient (Wildman–Crippen LogP) is 0.608. The van der Waals surface area contributed by atoms with Crippen LogP contribution < -0.4 is 4.72 Å². The van der Waals surface area contributed by atoms with Crippen LogP contribution in [0.15, 0.2) is 23.4 Å². The van der Waals surface area contributed by atoms with E-state index < -0.39 is 38.8 Å². The van der Waals surface area contributed by atoms with E-state index in [1.165, 1.54) is 19.9 Å². The van der Waals surface area contributed by atoms with Crippen LogP contribution in [0.3, 0.4) is 0 Å². The molecule has 0 aromatic carbocycles. The number of rotatable bonds is 5. The van der Waals surface area contributed by atoms with E-state index in [1.807, 2.05) is 0 Å². The van der Waals surface area contributed by atoms with Crippen molar-refractivity contribution in [2.24, 2.45) is 5.92 Å². The summed E-state index contributed by atoms with van der Waals surface area (Å²) < 4.78 is 38.9. The fraction of sp³-hybridized carbons (Fsp3) is 0.400. The van der Waals surface area contributed by atoms with Crippen molar-refractivity contribution in [3.8, 4) is 0 Å². The van der Waals surface area contributed by atoms with Crippen LogP contribution >= 0.6 is 0 Å². The van der Waals surface area contributed by atoms with Crippen molar-refractivity contribution in [3.63, 3.8) is 0 Å². The first-order valence-corrected chi connectivity index (χ1v) is 6.59. The molecule has 0 bridgehead atoms. The molecule has 0 fully saturated rings. The lowest BCUT2D eigenvalue weighted by Crippen LogP contribution is -2.40. The number of halogens is 1. The highest BCUT2D eigenvalue weighted by Gasteiger charge is 2.27. The van der Waals surface area contributed by atoms with Gasteiger partial charge in [-0.1, -0.05) is 6.92 Å². The second kappa shape index (κ2) is 5.40. The molecule has 100 valence electrons. The largest absolute Gasteiger partial charge is 0.481 e. The second-order valence-electron chi connectivity index (χ2n) is 3.83. The van der Waals surface area contributed by atoms with E-state index in [4.69, 9.17) is 5.11 Å². The Kier molecular flexibility index (Phi) is 4.36. The second-order valence-corrected chi connectivity index (χ2v) is 5.46. The number of nitrogens with one attached hydrogen (secondary N) is 1. The zero-order valence-corrected chi connectivity index (χ0v) is 10.6. The summed E-state index contributed by atoms with van der Waals surface area (Å²) in [5.74, 6) is -3.07. The van der Waals surface area contributed by atoms with Crippen molar-refractivity contribution < 1.29 is 22.7 Å². The van der Waals surface area contributed by atoms with Gasteiger partial charge in [-0.25, -0.2) is 22.5 Å². The molecule has 6 nitrogen and oxygen atoms in total. The van der Waals surface area contributed by atoms with Gasteiger partial charge in [0, 0.05) is 12.2 Å². The van der Waals surface area contributed by atoms with Crippen LogP contribution in [-0.4, -0.2) is 30.5 Å². The van der Waals surface area contributed by atoms with E-state index in [-0.39, 0.29) is 0 Å². The monoisotopic (exact) mass is 276 g/mol. The fourth-order valence-electron chi connectivity index (χ4n) is 1.19. The number of aromatic nitrogens is 1. The molecule has 0 saturated heterocycles. The number of hydrogen-bond acceptors (Lipinski definition) is 4. The van der Waals surface area contributed by atoms with Crippen molar-refractivity contribution in [2.75, 3.05) is 0 Å². The smallest absolute Gasteiger partial charge is 0.307 e. The summed E-state index contributed by atoms with van der Waals surface area (Å²) in [4.78, 5) is 14.1. The number of aliphatic carboxylic acids is 1. The summed E-state index contributed by atoms with van der Waals surface area (Å²) in [5.41, 5.74) is 0. The summed E-state index contributed by atoms with van der Waals surface area (Å²) in [7, 11) is -4.17. The lowest BCUT2D eigenvalue weighted by Gasteiger charge is -2.17. The Hall–Kier alpha value is -1.54. The molecule has 0 aliphatic carbocycles. The van der Waals surface area contributed by atoms with Crippen molar-refractivity contribution in [1.29, 1.82) is 0 Å². The van der Waals surface area contributed by atoms with E-state index in [9.17, 15) is 17.6 Å². The van der Waals surface area contributed by atoms with Crippen LogP contribution in [-0.2, 0) is 14.8 Å². The first-order chi connectivity index (χ1) is 8.25. The SMILES string of the molecule is CC(NS(=O)(=O)c1ncccc1F)C(C)C(=O)O. The number of carboxylic acid groups (broad SMARTS) is 1. The summed E-state index contributed by atoms with van der Waals surface area (Å²) in [6.45, 7) is 2.74. The molecule has 0 aliphatic rings. The number of sulfonamides is 1. The predicted molar refractivity (Wildman–Crippen MR) is 60.8 cm³/mol. The number of nitrogens with zero attached hydrogens (tertiary/aromatic N) is 1. The summed E-state index contributed by atoms with van der Waals surface area (Å²) >= 11 is 0. The van der Waals surface area contributed by atoms with Crippen molar-refractivity contribution in [3.05, 3.63) is 24.1 Å². The zero-order valence-electron chi connectivity index (χ0n) is 9.79. The Morgan fingerprint density at radius 2 is 2.11 bits per heavy atom. The highest BCUT2D eigenvalue weighted by atomic mass is 32.2. The standard InChI is InChI=1S/C10H13FN2O4S/c1-6(10(14)15)7(2)13-18(16,17)9-8(11)4-3-5-12-9/h3-7,13H,1-2H3,(H,14,15). The van der Waals surface area contributed by atoms with Crippen molar-refractivity contribution in [1.82, 2.24) is 9.71 Å². The molecule has 1 aromatic rings. The van der Waals surface area contributed by atoms with Crippen molar-refractivity contribution in [2.45, 2.75) is 24.9 Å². The third kappa shape index (κ3) is 3.23. The molecule has 2 unspecified atom stereocenters. The highest BCUT2D eigenvalue weighted by Crippen LogP contribution is 2.12. The number of carboxylic acids is 1. The van der Waals surface area contributed by atoms with Crippen LogP contribution in [0.25, 0.3) is 0 Å². The molecule has 1 rings (SSSR count). The minimum absolute atomic E-state index is 0.741. The Morgan fingerprint density at radius 3 is 2.61 bits per heavy atom. The maximum absolute atomic E-state index is 13.3. The van der Waals surface area contributed by atoms with Gasteiger partial charge in [0.15, 0.2) is 5.82 Å². The molecule has 0 radical (unpaired) electrons. The van der Waals surface area contributed by atoms with Gasteiger partial charge in [0.1, 0.15) is 0 Å². The number of pyridine rings is 1. The summed E-state index contributed by atoms with van der Waals surface area (Å²) in [6, 6.07) is 1.35. The molecular weight excluding hydrogens is 263 g/mol. The van der Waals surface area contributed by atoms with E-state index >= 15 is 0 Å². The molecule has 2 atom stereocenters. The van der Waals surface area contributed by atoms with E-state index in [0.29, 0.717) is 0 Å². The third-order valence-electron chi connectivity index (χ3n) is 2.46. The maximum atomic E-state index is 13.3. The van der Waals surface area contributed by atoms with Gasteiger partial charge in [-0.2, -0.15) is 0 Å². The molecule has 0 aliphatic heterocycles. The molecule has 0 saturated carbocycles. The van der Waals surface area contributed by atoms with Crippen LogP contribution in [0.5, 0.6) is 0 Å². The van der Waals surface area contributed by atoms with Gasteiger partial charge >= 0.3 is 5.97 Å². The first-order valence-electron chi connectivity index (χ1n) is 5.11. The van der Waals surface area contributed by atoms with Gasteiger partial charge in [0.25, 0.3) is 10.0 Å². The van der Waals surface area contributed by atoms with Crippen LogP contribution in [0, 0.1) is 11.7 Å². The van der Waals surface area contributed by atoms with Gasteiger partial charge in [-0.05, 0) is 19.1 Å². The topological polar surface area (TPSA) is 96.4 Å². The lowest BCUT2D eigenvalue weighted by molar-refractivity contribution is -0.141. The molecule has 1 aromatic heterocycles. The van der Waals surface area contributed by atoms with Crippen molar-refractivity contribution >= 4 is 16.0 Å². The Balaban J connectivity index is 2.97. The first kappa shape index (κ1) is 14.5. The average molecular weight is 276 g/mol. The van der Waals surface area contributed by atoms with E-state index in [1.54, 1.807) is 0 Å². The molecule has 8 heteroatoms. The van der Waals surface area contributed by atoms with Gasteiger partial charge in [-0.15, -0.1) is 0 Å². The van der Waals surface area contributed by atoms with Crippen LogP contribution in [0.4, 0.5) is 4.39 Å². The Morgan fingerprint density at radius 1 is 1.50 bits per heavy atom. The molecule has 0 amide bonds.